The Morgan fingerprint density at radius 1 is 1.12 bits per heavy atom. The molecule has 0 saturated heterocycles. The molecule has 2 N–H and O–H groups in total. The molecule has 0 aliphatic rings. The zero-order valence-corrected chi connectivity index (χ0v) is 14.3. The number of nitrogens with two attached hydrogens (primary N) is 1. The zero-order chi connectivity index (χ0) is 18.7. The third-order valence-corrected chi connectivity index (χ3v) is 3.63. The lowest BCUT2D eigenvalue weighted by Gasteiger charge is -2.10. The molecule has 0 radical (unpaired) electrons. The lowest BCUT2D eigenvalue weighted by Crippen LogP contribution is -2.20. The van der Waals surface area contributed by atoms with Crippen molar-refractivity contribution in [1.29, 1.82) is 0 Å². The molecule has 0 atom stereocenters. The highest BCUT2D eigenvalue weighted by Gasteiger charge is 2.15. The molecule has 1 amide bonds. The van der Waals surface area contributed by atoms with Gasteiger partial charge in [0.15, 0.2) is 6.61 Å². The first-order chi connectivity index (χ1) is 12.5. The molecule has 0 aliphatic heterocycles. The fourth-order valence-corrected chi connectivity index (χ4v) is 2.41. The molecule has 7 heteroatoms. The standard InChI is InChI=1S/C19H17NO6/c1-11-19(26-14-5-3-4-12(8-14)23-2)18(22)15-7-6-13(9-16(15)25-11)24-10-17(20)21/h3-9H,10H2,1-2H3,(H2,20,21). The minimum absolute atomic E-state index is 0.0940. The Bertz CT molecular complexity index is 1020. The molecule has 7 nitrogen and oxygen atoms in total. The van der Waals surface area contributed by atoms with Crippen LogP contribution < -0.4 is 25.4 Å². The number of fused-ring (bicyclic) bond motifs is 1. The van der Waals surface area contributed by atoms with Crippen LogP contribution in [-0.2, 0) is 4.79 Å². The minimum Gasteiger partial charge on any atom is -0.497 e. The van der Waals surface area contributed by atoms with E-state index in [1.165, 1.54) is 6.07 Å². The van der Waals surface area contributed by atoms with Crippen molar-refractivity contribution < 1.29 is 23.4 Å². The number of amides is 1. The van der Waals surface area contributed by atoms with Crippen molar-refractivity contribution in [1.82, 2.24) is 0 Å². The molecule has 0 spiro atoms. The average molecular weight is 355 g/mol. The zero-order valence-electron chi connectivity index (χ0n) is 14.3. The van der Waals surface area contributed by atoms with Gasteiger partial charge in [-0.05, 0) is 31.2 Å². The lowest BCUT2D eigenvalue weighted by atomic mass is 10.2. The molecule has 1 aromatic heterocycles. The molecule has 0 unspecified atom stereocenters. The van der Waals surface area contributed by atoms with E-state index in [-0.39, 0.29) is 17.8 Å². The van der Waals surface area contributed by atoms with Crippen LogP contribution in [0, 0.1) is 6.92 Å². The van der Waals surface area contributed by atoms with Gasteiger partial charge in [-0.25, -0.2) is 0 Å². The highest BCUT2D eigenvalue weighted by molar-refractivity contribution is 5.80. The van der Waals surface area contributed by atoms with E-state index in [4.69, 9.17) is 24.4 Å². The number of carbonyl (C=O) groups is 1. The molecule has 0 bridgehead atoms. The smallest absolute Gasteiger partial charge is 0.255 e. The van der Waals surface area contributed by atoms with Crippen LogP contribution in [0.4, 0.5) is 0 Å². The van der Waals surface area contributed by atoms with Crippen LogP contribution in [0.3, 0.4) is 0 Å². The highest BCUT2D eigenvalue weighted by Crippen LogP contribution is 2.28. The summed E-state index contributed by atoms with van der Waals surface area (Å²) in [6, 6.07) is 11.6. The van der Waals surface area contributed by atoms with Crippen molar-refractivity contribution in [2.75, 3.05) is 13.7 Å². The fourth-order valence-electron chi connectivity index (χ4n) is 2.41. The summed E-state index contributed by atoms with van der Waals surface area (Å²) in [5.41, 5.74) is 5.07. The van der Waals surface area contributed by atoms with Crippen LogP contribution in [0.2, 0.25) is 0 Å². The molecule has 2 aromatic carbocycles. The number of primary amides is 1. The van der Waals surface area contributed by atoms with Crippen molar-refractivity contribution >= 4 is 16.9 Å². The second kappa shape index (κ2) is 7.18. The van der Waals surface area contributed by atoms with Crippen molar-refractivity contribution in [2.24, 2.45) is 5.73 Å². The van der Waals surface area contributed by atoms with Gasteiger partial charge in [0, 0.05) is 12.1 Å². The van der Waals surface area contributed by atoms with E-state index in [9.17, 15) is 9.59 Å². The number of carbonyl (C=O) groups excluding carboxylic acids is 1. The van der Waals surface area contributed by atoms with Gasteiger partial charge in [-0.2, -0.15) is 0 Å². The number of ether oxygens (including phenoxy) is 3. The molecular weight excluding hydrogens is 338 g/mol. The van der Waals surface area contributed by atoms with Crippen LogP contribution >= 0.6 is 0 Å². The van der Waals surface area contributed by atoms with Gasteiger partial charge in [-0.15, -0.1) is 0 Å². The first kappa shape index (κ1) is 17.3. The summed E-state index contributed by atoms with van der Waals surface area (Å²) in [7, 11) is 1.55. The van der Waals surface area contributed by atoms with Crippen molar-refractivity contribution in [2.45, 2.75) is 6.92 Å². The van der Waals surface area contributed by atoms with E-state index in [1.54, 1.807) is 50.4 Å². The summed E-state index contributed by atoms with van der Waals surface area (Å²) < 4.78 is 21.8. The third-order valence-electron chi connectivity index (χ3n) is 3.63. The van der Waals surface area contributed by atoms with E-state index in [0.29, 0.717) is 34.0 Å². The Morgan fingerprint density at radius 3 is 2.62 bits per heavy atom. The SMILES string of the molecule is COc1cccc(Oc2c(C)oc3cc(OCC(N)=O)ccc3c2=O)c1. The Balaban J connectivity index is 1.98. The largest absolute Gasteiger partial charge is 0.497 e. The highest BCUT2D eigenvalue weighted by atomic mass is 16.5. The third kappa shape index (κ3) is 3.61. The monoisotopic (exact) mass is 355 g/mol. The molecule has 1 heterocycles. The Kier molecular flexibility index (Phi) is 4.79. The molecule has 26 heavy (non-hydrogen) atoms. The minimum atomic E-state index is -0.593. The summed E-state index contributed by atoms with van der Waals surface area (Å²) in [6.45, 7) is 1.37. The molecule has 3 rings (SSSR count). The first-order valence-electron chi connectivity index (χ1n) is 7.78. The summed E-state index contributed by atoms with van der Waals surface area (Å²) >= 11 is 0. The number of rotatable bonds is 6. The van der Waals surface area contributed by atoms with Crippen molar-refractivity contribution in [3.8, 4) is 23.0 Å². The van der Waals surface area contributed by atoms with Crippen molar-refractivity contribution in [3.63, 3.8) is 0 Å². The predicted octanol–water partition coefficient (Wildman–Crippen LogP) is 2.77. The normalized spacial score (nSPS) is 10.5. The summed E-state index contributed by atoms with van der Waals surface area (Å²) in [5.74, 6) is 1.26. The van der Waals surface area contributed by atoms with Gasteiger partial charge in [-0.1, -0.05) is 6.07 Å². The van der Waals surface area contributed by atoms with Gasteiger partial charge in [0.2, 0.25) is 11.2 Å². The lowest BCUT2D eigenvalue weighted by molar-refractivity contribution is -0.119. The summed E-state index contributed by atoms with van der Waals surface area (Å²) in [4.78, 5) is 23.6. The average Bonchev–Trinajstić information content (AvgIpc) is 2.63. The Hall–Kier alpha value is -3.48. The molecular formula is C19H17NO6. The van der Waals surface area contributed by atoms with E-state index in [1.807, 2.05) is 0 Å². The first-order valence-corrected chi connectivity index (χ1v) is 7.78. The number of aryl methyl sites for hydroxylation is 1. The molecule has 0 saturated carbocycles. The van der Waals surface area contributed by atoms with E-state index in [0.717, 1.165) is 0 Å². The maximum Gasteiger partial charge on any atom is 0.255 e. The quantitative estimate of drug-likeness (QED) is 0.730. The van der Waals surface area contributed by atoms with Gasteiger partial charge in [0.25, 0.3) is 5.91 Å². The van der Waals surface area contributed by atoms with Crippen LogP contribution in [0.25, 0.3) is 11.0 Å². The van der Waals surface area contributed by atoms with Crippen LogP contribution in [0.5, 0.6) is 23.0 Å². The van der Waals surface area contributed by atoms with E-state index < -0.39 is 5.91 Å². The molecule has 0 fully saturated rings. The fraction of sp³-hybridized carbons (Fsp3) is 0.158. The number of hydrogen-bond donors (Lipinski definition) is 1. The molecule has 134 valence electrons. The van der Waals surface area contributed by atoms with Gasteiger partial charge in [-0.3, -0.25) is 9.59 Å². The number of methoxy groups -OCH3 is 1. The molecule has 3 aromatic rings. The topological polar surface area (TPSA) is 101 Å². The second-order valence-electron chi connectivity index (χ2n) is 5.51. The van der Waals surface area contributed by atoms with Gasteiger partial charge in [0.1, 0.15) is 28.6 Å². The van der Waals surface area contributed by atoms with Crippen LogP contribution in [0.1, 0.15) is 5.76 Å². The number of hydrogen-bond acceptors (Lipinski definition) is 6. The van der Waals surface area contributed by atoms with Crippen LogP contribution in [-0.4, -0.2) is 19.6 Å². The van der Waals surface area contributed by atoms with Crippen molar-refractivity contribution in [3.05, 3.63) is 58.4 Å². The van der Waals surface area contributed by atoms with Crippen LogP contribution in [0.15, 0.2) is 51.7 Å². The number of benzene rings is 2. The van der Waals surface area contributed by atoms with Gasteiger partial charge < -0.3 is 24.4 Å². The maximum absolute atomic E-state index is 12.8. The Labute approximate surface area is 148 Å². The Morgan fingerprint density at radius 2 is 1.88 bits per heavy atom. The predicted molar refractivity (Wildman–Crippen MR) is 95.0 cm³/mol. The maximum atomic E-state index is 12.8. The van der Waals surface area contributed by atoms with Gasteiger partial charge >= 0.3 is 0 Å². The van der Waals surface area contributed by atoms with E-state index >= 15 is 0 Å². The van der Waals surface area contributed by atoms with E-state index in [2.05, 4.69) is 0 Å². The summed E-state index contributed by atoms with van der Waals surface area (Å²) in [5, 5.41) is 0.333. The second-order valence-corrected chi connectivity index (χ2v) is 5.51. The molecule has 0 aliphatic carbocycles. The van der Waals surface area contributed by atoms with Gasteiger partial charge in [0.05, 0.1) is 12.5 Å². The summed E-state index contributed by atoms with van der Waals surface area (Å²) in [6.07, 6.45) is 0.